The van der Waals surface area contributed by atoms with Crippen molar-refractivity contribution < 1.29 is 0 Å². The maximum atomic E-state index is 5.74. The van der Waals surface area contributed by atoms with E-state index in [0.717, 1.165) is 16.7 Å². The highest BCUT2D eigenvalue weighted by Gasteiger charge is 2.09. The molecule has 0 aliphatic heterocycles. The lowest BCUT2D eigenvalue weighted by Gasteiger charge is -2.16. The van der Waals surface area contributed by atoms with Gasteiger partial charge in [-0.15, -0.1) is 0 Å². The van der Waals surface area contributed by atoms with Crippen LogP contribution in [0.25, 0.3) is 10.9 Å². The van der Waals surface area contributed by atoms with Crippen molar-refractivity contribution in [2.45, 2.75) is 13.0 Å². The molecule has 0 saturated heterocycles. The molecule has 0 spiro atoms. The number of aromatic nitrogens is 3. The number of hydrogen-bond acceptors (Lipinski definition) is 5. The van der Waals surface area contributed by atoms with Gasteiger partial charge in [0.25, 0.3) is 0 Å². The van der Waals surface area contributed by atoms with Crippen LogP contribution in [0.1, 0.15) is 18.5 Å². The topological polar surface area (TPSA) is 76.7 Å². The van der Waals surface area contributed by atoms with Crippen molar-refractivity contribution in [1.82, 2.24) is 15.0 Å². The number of anilines is 2. The van der Waals surface area contributed by atoms with Gasteiger partial charge in [0.2, 0.25) is 0 Å². The van der Waals surface area contributed by atoms with Crippen molar-refractivity contribution >= 4 is 22.5 Å². The molecule has 2 heterocycles. The Labute approximate surface area is 116 Å². The minimum Gasteiger partial charge on any atom is -0.384 e. The molecule has 20 heavy (non-hydrogen) atoms. The third kappa shape index (κ3) is 2.38. The maximum Gasteiger partial charge on any atom is 0.137 e. The zero-order valence-electron chi connectivity index (χ0n) is 11.1. The average Bonchev–Trinajstić information content (AvgIpc) is 2.49. The number of pyridine rings is 1. The Kier molecular flexibility index (Phi) is 3.16. The molecular weight excluding hydrogens is 250 g/mol. The molecule has 0 bridgehead atoms. The smallest absolute Gasteiger partial charge is 0.137 e. The molecule has 1 aromatic carbocycles. The zero-order valence-corrected chi connectivity index (χ0v) is 11.1. The standard InChI is InChI=1S/C15H15N5/c1-10(11-5-3-2-4-6-11)20-15-12-7-14(16)17-8-13(12)18-9-19-15/h2-10H,1H3,(H2,16,17)(H,18,19,20). The van der Waals surface area contributed by atoms with Gasteiger partial charge in [-0.05, 0) is 18.6 Å². The molecule has 0 aliphatic rings. The first-order valence-corrected chi connectivity index (χ1v) is 6.42. The molecule has 5 heteroatoms. The van der Waals surface area contributed by atoms with E-state index in [2.05, 4.69) is 39.3 Å². The summed E-state index contributed by atoms with van der Waals surface area (Å²) in [4.78, 5) is 12.5. The molecule has 0 saturated carbocycles. The lowest BCUT2D eigenvalue weighted by atomic mass is 10.1. The number of fused-ring (bicyclic) bond motifs is 1. The third-order valence-electron chi connectivity index (χ3n) is 3.20. The van der Waals surface area contributed by atoms with Crippen LogP contribution < -0.4 is 11.1 Å². The van der Waals surface area contributed by atoms with Gasteiger partial charge in [0.05, 0.1) is 11.7 Å². The predicted molar refractivity (Wildman–Crippen MR) is 80.2 cm³/mol. The van der Waals surface area contributed by atoms with Crippen molar-refractivity contribution in [3.8, 4) is 0 Å². The van der Waals surface area contributed by atoms with Crippen molar-refractivity contribution in [3.63, 3.8) is 0 Å². The second-order valence-electron chi connectivity index (χ2n) is 4.63. The summed E-state index contributed by atoms with van der Waals surface area (Å²) in [7, 11) is 0. The fraction of sp³-hybridized carbons (Fsp3) is 0.133. The number of hydrogen-bond donors (Lipinski definition) is 2. The van der Waals surface area contributed by atoms with E-state index in [1.165, 1.54) is 11.9 Å². The second kappa shape index (κ2) is 5.13. The van der Waals surface area contributed by atoms with Crippen LogP contribution in [0.2, 0.25) is 0 Å². The van der Waals surface area contributed by atoms with Crippen LogP contribution in [0.3, 0.4) is 0 Å². The molecule has 0 radical (unpaired) electrons. The molecule has 3 rings (SSSR count). The number of nitrogen functional groups attached to an aromatic ring is 1. The molecule has 1 unspecified atom stereocenters. The highest BCUT2D eigenvalue weighted by atomic mass is 15.0. The molecule has 3 aromatic rings. The summed E-state index contributed by atoms with van der Waals surface area (Å²) in [6, 6.07) is 12.1. The molecule has 2 aromatic heterocycles. The van der Waals surface area contributed by atoms with Gasteiger partial charge in [-0.2, -0.15) is 0 Å². The van der Waals surface area contributed by atoms with Gasteiger partial charge >= 0.3 is 0 Å². The summed E-state index contributed by atoms with van der Waals surface area (Å²) < 4.78 is 0. The highest BCUT2D eigenvalue weighted by molar-refractivity contribution is 5.89. The predicted octanol–water partition coefficient (Wildman–Crippen LogP) is 2.78. The van der Waals surface area contributed by atoms with Crippen LogP contribution in [0, 0.1) is 0 Å². The SMILES string of the molecule is CC(Nc1ncnc2cnc(N)cc12)c1ccccc1. The summed E-state index contributed by atoms with van der Waals surface area (Å²) >= 11 is 0. The first-order valence-electron chi connectivity index (χ1n) is 6.42. The molecule has 100 valence electrons. The van der Waals surface area contributed by atoms with E-state index in [4.69, 9.17) is 5.73 Å². The van der Waals surface area contributed by atoms with E-state index in [0.29, 0.717) is 5.82 Å². The van der Waals surface area contributed by atoms with Crippen molar-refractivity contribution in [2.75, 3.05) is 11.1 Å². The summed E-state index contributed by atoms with van der Waals surface area (Å²) in [5.74, 6) is 1.23. The van der Waals surface area contributed by atoms with Gasteiger partial charge in [0.1, 0.15) is 18.0 Å². The van der Waals surface area contributed by atoms with Crippen molar-refractivity contribution in [1.29, 1.82) is 0 Å². The summed E-state index contributed by atoms with van der Waals surface area (Å²) in [6.07, 6.45) is 3.19. The van der Waals surface area contributed by atoms with Crippen LogP contribution in [0.5, 0.6) is 0 Å². The number of nitrogens with two attached hydrogens (primary N) is 1. The van der Waals surface area contributed by atoms with Gasteiger partial charge in [0.15, 0.2) is 0 Å². The lowest BCUT2D eigenvalue weighted by molar-refractivity contribution is 0.876. The summed E-state index contributed by atoms with van der Waals surface area (Å²) in [6.45, 7) is 2.09. The Hall–Kier alpha value is -2.69. The molecule has 1 atom stereocenters. The van der Waals surface area contributed by atoms with Crippen LogP contribution in [0.15, 0.2) is 48.9 Å². The van der Waals surface area contributed by atoms with Crippen LogP contribution in [-0.2, 0) is 0 Å². The van der Waals surface area contributed by atoms with Gasteiger partial charge in [0, 0.05) is 11.4 Å². The number of nitrogens with zero attached hydrogens (tertiary/aromatic N) is 3. The Morgan fingerprint density at radius 1 is 1.10 bits per heavy atom. The Balaban J connectivity index is 1.97. The minimum absolute atomic E-state index is 0.142. The van der Waals surface area contributed by atoms with E-state index in [1.54, 1.807) is 12.3 Å². The van der Waals surface area contributed by atoms with E-state index in [1.807, 2.05) is 18.2 Å². The first-order chi connectivity index (χ1) is 9.74. The molecule has 0 fully saturated rings. The molecule has 0 amide bonds. The summed E-state index contributed by atoms with van der Waals surface area (Å²) in [5, 5.41) is 4.27. The van der Waals surface area contributed by atoms with Gasteiger partial charge < -0.3 is 11.1 Å². The normalized spacial score (nSPS) is 12.2. The van der Waals surface area contributed by atoms with E-state index >= 15 is 0 Å². The second-order valence-corrected chi connectivity index (χ2v) is 4.63. The van der Waals surface area contributed by atoms with Crippen LogP contribution in [-0.4, -0.2) is 15.0 Å². The van der Waals surface area contributed by atoms with Crippen LogP contribution in [0.4, 0.5) is 11.6 Å². The van der Waals surface area contributed by atoms with Gasteiger partial charge in [-0.1, -0.05) is 30.3 Å². The van der Waals surface area contributed by atoms with Crippen molar-refractivity contribution in [2.24, 2.45) is 0 Å². The molecule has 3 N–H and O–H groups in total. The van der Waals surface area contributed by atoms with E-state index < -0.39 is 0 Å². The van der Waals surface area contributed by atoms with E-state index in [-0.39, 0.29) is 6.04 Å². The van der Waals surface area contributed by atoms with E-state index in [9.17, 15) is 0 Å². The Bertz CT molecular complexity index is 727. The van der Waals surface area contributed by atoms with Gasteiger partial charge in [-0.25, -0.2) is 15.0 Å². The fourth-order valence-electron chi connectivity index (χ4n) is 2.12. The number of nitrogens with one attached hydrogen (secondary N) is 1. The highest BCUT2D eigenvalue weighted by Crippen LogP contribution is 2.24. The maximum absolute atomic E-state index is 5.74. The Morgan fingerprint density at radius 2 is 1.90 bits per heavy atom. The monoisotopic (exact) mass is 265 g/mol. The van der Waals surface area contributed by atoms with Gasteiger partial charge in [-0.3, -0.25) is 0 Å². The van der Waals surface area contributed by atoms with Crippen molar-refractivity contribution in [3.05, 3.63) is 54.5 Å². The first kappa shape index (κ1) is 12.3. The average molecular weight is 265 g/mol. The molecule has 5 nitrogen and oxygen atoms in total. The molecule has 0 aliphatic carbocycles. The third-order valence-corrected chi connectivity index (χ3v) is 3.20. The Morgan fingerprint density at radius 3 is 2.70 bits per heavy atom. The minimum atomic E-state index is 0.142. The molecular formula is C15H15N5. The number of benzene rings is 1. The lowest BCUT2D eigenvalue weighted by Crippen LogP contribution is -2.08. The largest absolute Gasteiger partial charge is 0.384 e. The zero-order chi connectivity index (χ0) is 13.9. The van der Waals surface area contributed by atoms with Crippen LogP contribution >= 0.6 is 0 Å². The number of rotatable bonds is 3. The fourth-order valence-corrected chi connectivity index (χ4v) is 2.12. The summed E-state index contributed by atoms with van der Waals surface area (Å²) in [5.41, 5.74) is 7.71. The quantitative estimate of drug-likeness (QED) is 0.761.